The second-order valence-corrected chi connectivity index (χ2v) is 2.20. The van der Waals surface area contributed by atoms with Crippen LogP contribution in [0.15, 0.2) is 0 Å². The Morgan fingerprint density at radius 2 is 1.18 bits per heavy atom. The van der Waals surface area contributed by atoms with Crippen molar-refractivity contribution < 1.29 is 23.5 Å². The zero-order valence-electron chi connectivity index (χ0n) is 6.14. The van der Waals surface area contributed by atoms with E-state index in [1.165, 1.54) is 0 Å². The van der Waals surface area contributed by atoms with E-state index in [4.69, 9.17) is 23.5 Å². The molecule has 0 amide bonds. The van der Waals surface area contributed by atoms with E-state index < -0.39 is 11.4 Å². The molecule has 0 rings (SSSR count). The van der Waals surface area contributed by atoms with Gasteiger partial charge in [0.2, 0.25) is 0 Å². The van der Waals surface area contributed by atoms with E-state index in [1.54, 1.807) is 0 Å². The minimum atomic E-state index is -2.61. The predicted molar refractivity (Wildman–Crippen MR) is 41.4 cm³/mol. The molecular formula is C5H14O5S. The summed E-state index contributed by atoms with van der Waals surface area (Å²) in [5.41, 5.74) is 0. The summed E-state index contributed by atoms with van der Waals surface area (Å²) in [5.74, 6) is 0. The van der Waals surface area contributed by atoms with E-state index in [0.717, 1.165) is 19.3 Å². The molecule has 0 fully saturated rings. The Bertz CT molecular complexity index is 78.9. The molecule has 0 radical (unpaired) electrons. The number of rotatable bonds is 4. The lowest BCUT2D eigenvalue weighted by Crippen LogP contribution is -1.85. The van der Waals surface area contributed by atoms with Crippen molar-refractivity contribution in [3.63, 3.8) is 0 Å². The molecule has 0 unspecified atom stereocenters. The van der Waals surface area contributed by atoms with Gasteiger partial charge in [-0.25, -0.2) is 0 Å². The molecule has 70 valence electrons. The lowest BCUT2D eigenvalue weighted by Gasteiger charge is -1.90. The molecule has 0 spiro atoms. The molecule has 0 saturated heterocycles. The Morgan fingerprint density at radius 3 is 1.36 bits per heavy atom. The first-order valence-electron chi connectivity index (χ1n) is 3.16. The van der Waals surface area contributed by atoms with Crippen LogP contribution in [0.3, 0.4) is 0 Å². The minimum Gasteiger partial charge on any atom is -0.396 e. The molecule has 0 aliphatic rings. The van der Waals surface area contributed by atoms with Crippen LogP contribution in [0, 0.1) is 0 Å². The third-order valence-corrected chi connectivity index (χ3v) is 0.816. The molecule has 11 heavy (non-hydrogen) atoms. The van der Waals surface area contributed by atoms with Gasteiger partial charge in [0.25, 0.3) is 11.4 Å². The molecule has 0 aromatic heterocycles. The van der Waals surface area contributed by atoms with Gasteiger partial charge in [0.15, 0.2) is 0 Å². The molecule has 0 aromatic rings. The third kappa shape index (κ3) is 40.1. The van der Waals surface area contributed by atoms with Gasteiger partial charge >= 0.3 is 0 Å². The van der Waals surface area contributed by atoms with E-state index in [9.17, 15) is 0 Å². The van der Waals surface area contributed by atoms with Gasteiger partial charge in [0.05, 0.1) is 0 Å². The number of hydrogen-bond acceptors (Lipinski definition) is 3. The Kier molecular flexibility index (Phi) is 15.6. The van der Waals surface area contributed by atoms with Crippen LogP contribution in [-0.4, -0.2) is 36.7 Å². The molecule has 0 aromatic carbocycles. The van der Waals surface area contributed by atoms with Gasteiger partial charge in [0, 0.05) is 13.2 Å². The molecule has 0 aliphatic carbocycles. The summed E-state index contributed by atoms with van der Waals surface area (Å²) in [6, 6.07) is 0. The quantitative estimate of drug-likeness (QED) is 0.361. The van der Waals surface area contributed by atoms with Crippen molar-refractivity contribution in [2.24, 2.45) is 0 Å². The zero-order valence-corrected chi connectivity index (χ0v) is 6.96. The van der Waals surface area contributed by atoms with Crippen molar-refractivity contribution in [2.45, 2.75) is 19.3 Å². The first kappa shape index (κ1) is 13.6. The van der Waals surface area contributed by atoms with Crippen LogP contribution in [0.2, 0.25) is 0 Å². The molecule has 6 heteroatoms. The molecule has 0 atom stereocenters. The Morgan fingerprint density at radius 1 is 0.909 bits per heavy atom. The van der Waals surface area contributed by atoms with E-state index in [0.29, 0.717) is 0 Å². The number of unbranched alkanes of at least 4 members (excludes halogenated alkanes) is 2. The summed E-state index contributed by atoms with van der Waals surface area (Å²) < 4.78 is 22.8. The molecule has 5 nitrogen and oxygen atoms in total. The summed E-state index contributed by atoms with van der Waals surface area (Å²) in [4.78, 5) is 0. The van der Waals surface area contributed by atoms with Crippen molar-refractivity contribution in [2.75, 3.05) is 13.2 Å². The van der Waals surface area contributed by atoms with Crippen LogP contribution >= 0.6 is 0 Å². The summed E-state index contributed by atoms with van der Waals surface area (Å²) in [7, 11) is 0. The lowest BCUT2D eigenvalue weighted by molar-refractivity contribution is 0.257. The summed E-state index contributed by atoms with van der Waals surface area (Å²) >= 11 is -2.61. The molecular weight excluding hydrogens is 172 g/mol. The zero-order chi connectivity index (χ0) is 9.11. The van der Waals surface area contributed by atoms with Gasteiger partial charge in [-0.3, -0.25) is 9.11 Å². The van der Waals surface area contributed by atoms with Crippen LogP contribution in [-0.2, 0) is 11.4 Å². The molecule has 0 heterocycles. The maximum atomic E-state index is 8.67. The Labute approximate surface area is 68.2 Å². The van der Waals surface area contributed by atoms with Gasteiger partial charge in [-0.15, -0.1) is 0 Å². The summed E-state index contributed by atoms with van der Waals surface area (Å²) in [6.07, 6.45) is 2.58. The fourth-order valence-electron chi connectivity index (χ4n) is 0.400. The molecule has 4 N–H and O–H groups in total. The average molecular weight is 186 g/mol. The van der Waals surface area contributed by atoms with Crippen molar-refractivity contribution in [1.82, 2.24) is 0 Å². The maximum Gasteiger partial charge on any atom is 0.299 e. The van der Waals surface area contributed by atoms with Crippen LogP contribution in [0.1, 0.15) is 19.3 Å². The topological polar surface area (TPSA) is 98.0 Å². The summed E-state index contributed by atoms with van der Waals surface area (Å²) in [5, 5.41) is 16.4. The van der Waals surface area contributed by atoms with Gasteiger partial charge in [-0.2, -0.15) is 4.21 Å². The van der Waals surface area contributed by atoms with E-state index in [2.05, 4.69) is 0 Å². The average Bonchev–Trinajstić information content (AvgIpc) is 1.88. The monoisotopic (exact) mass is 186 g/mol. The number of aliphatic hydroxyl groups excluding tert-OH is 2. The van der Waals surface area contributed by atoms with Crippen molar-refractivity contribution >= 4 is 11.4 Å². The highest BCUT2D eigenvalue weighted by Gasteiger charge is 1.81. The van der Waals surface area contributed by atoms with Crippen molar-refractivity contribution in [3.05, 3.63) is 0 Å². The highest BCUT2D eigenvalue weighted by molar-refractivity contribution is 7.73. The largest absolute Gasteiger partial charge is 0.396 e. The fourth-order valence-corrected chi connectivity index (χ4v) is 0.400. The molecule has 0 aliphatic heterocycles. The second-order valence-electron chi connectivity index (χ2n) is 1.74. The first-order chi connectivity index (χ1) is 5.15. The Balaban J connectivity index is 0. The lowest BCUT2D eigenvalue weighted by atomic mass is 10.2. The minimum absolute atomic E-state index is 0.250. The van der Waals surface area contributed by atoms with E-state index >= 15 is 0 Å². The van der Waals surface area contributed by atoms with Crippen LogP contribution in [0.4, 0.5) is 0 Å². The van der Waals surface area contributed by atoms with E-state index in [1.807, 2.05) is 0 Å². The third-order valence-electron chi connectivity index (χ3n) is 0.816. The normalized spacial score (nSPS) is 9.18. The molecule has 0 saturated carbocycles. The van der Waals surface area contributed by atoms with Gasteiger partial charge in [-0.05, 0) is 19.3 Å². The van der Waals surface area contributed by atoms with Gasteiger partial charge in [-0.1, -0.05) is 0 Å². The van der Waals surface area contributed by atoms with Gasteiger partial charge < -0.3 is 10.2 Å². The summed E-state index contributed by atoms with van der Waals surface area (Å²) in [6.45, 7) is 0.500. The highest BCUT2D eigenvalue weighted by Crippen LogP contribution is 1.90. The van der Waals surface area contributed by atoms with Crippen molar-refractivity contribution in [3.8, 4) is 0 Å². The number of aliphatic hydroxyl groups is 2. The number of hydrogen-bond donors (Lipinski definition) is 4. The standard InChI is InChI=1S/C5H12O2.H2O3S/c6-4-2-1-3-5-7;1-4(2)3/h6-7H,1-5H2;(H2,1,2,3). The maximum absolute atomic E-state index is 8.67. The van der Waals surface area contributed by atoms with E-state index in [-0.39, 0.29) is 13.2 Å². The molecule has 0 bridgehead atoms. The predicted octanol–water partition coefficient (Wildman–Crippen LogP) is -0.178. The van der Waals surface area contributed by atoms with Gasteiger partial charge in [0.1, 0.15) is 0 Å². The van der Waals surface area contributed by atoms with Crippen molar-refractivity contribution in [1.29, 1.82) is 0 Å². The van der Waals surface area contributed by atoms with Crippen LogP contribution in [0.5, 0.6) is 0 Å². The van der Waals surface area contributed by atoms with Crippen LogP contribution < -0.4 is 0 Å². The first-order valence-corrected chi connectivity index (χ1v) is 4.23. The second kappa shape index (κ2) is 12.6. The Hall–Kier alpha value is -0.0100. The smallest absolute Gasteiger partial charge is 0.299 e. The fraction of sp³-hybridized carbons (Fsp3) is 1.00. The SMILES string of the molecule is O=S(O)O.OCCCCCO. The van der Waals surface area contributed by atoms with Crippen LogP contribution in [0.25, 0.3) is 0 Å². The highest BCUT2D eigenvalue weighted by atomic mass is 32.2.